The molecule has 0 amide bonds. The van der Waals surface area contributed by atoms with E-state index < -0.39 is 35.1 Å². The minimum Gasteiger partial charge on any atom is -0.469 e. The molecule has 5 fully saturated rings. The molecule has 3 heterocycles. The number of methoxy groups -OCH3 is 2. The van der Waals surface area contributed by atoms with Gasteiger partial charge in [-0.25, -0.2) is 0 Å². The van der Waals surface area contributed by atoms with Gasteiger partial charge in [-0.2, -0.15) is 0 Å². The molecule has 2 saturated heterocycles. The van der Waals surface area contributed by atoms with E-state index in [4.69, 9.17) is 23.7 Å². The standard InChI is InChI=1S/C28H38O7/c1-7-12-33-19-11-8-16-13-25(3,4)20-22(30)28(32-6)27-18(26(20,14-34-28)23(16)35-19)10-9-17(24(27)31-5)15(2)21(27)29/h7,17-20,22,24,30H,1-2,8-14H2,3-6H3/t17-,18-,19-,20+,22-,24+,26-,27-,28-/m0/s1. The highest BCUT2D eigenvalue weighted by molar-refractivity contribution is 6.05. The number of ether oxygens (including phenoxy) is 5. The van der Waals surface area contributed by atoms with Gasteiger partial charge >= 0.3 is 0 Å². The minimum absolute atomic E-state index is 0.0870. The van der Waals surface area contributed by atoms with E-state index in [1.54, 1.807) is 20.3 Å². The lowest BCUT2D eigenvalue weighted by atomic mass is 9.36. The van der Waals surface area contributed by atoms with Crippen LogP contribution in [0.1, 0.15) is 46.0 Å². The van der Waals surface area contributed by atoms with E-state index in [1.165, 1.54) is 5.57 Å². The third-order valence-corrected chi connectivity index (χ3v) is 10.4. The fourth-order valence-electron chi connectivity index (χ4n) is 9.59. The van der Waals surface area contributed by atoms with Crippen LogP contribution < -0.4 is 0 Å². The Bertz CT molecular complexity index is 1010. The second kappa shape index (κ2) is 7.51. The Balaban J connectivity index is 1.60. The molecule has 4 aliphatic carbocycles. The van der Waals surface area contributed by atoms with Crippen LogP contribution in [0.5, 0.6) is 0 Å². The van der Waals surface area contributed by atoms with E-state index in [-0.39, 0.29) is 29.0 Å². The first kappa shape index (κ1) is 23.9. The van der Waals surface area contributed by atoms with Gasteiger partial charge in [-0.1, -0.05) is 26.5 Å². The monoisotopic (exact) mass is 486 g/mol. The van der Waals surface area contributed by atoms with Gasteiger partial charge < -0.3 is 28.8 Å². The van der Waals surface area contributed by atoms with Gasteiger partial charge in [0.15, 0.2) is 12.1 Å². The van der Waals surface area contributed by atoms with Crippen molar-refractivity contribution in [3.8, 4) is 0 Å². The average molecular weight is 487 g/mol. The molecule has 192 valence electrons. The predicted octanol–water partition coefficient (Wildman–Crippen LogP) is 3.53. The van der Waals surface area contributed by atoms with Crippen LogP contribution in [0.4, 0.5) is 0 Å². The van der Waals surface area contributed by atoms with Crippen molar-refractivity contribution in [1.82, 2.24) is 0 Å². The minimum atomic E-state index is -1.50. The fourth-order valence-corrected chi connectivity index (χ4v) is 9.59. The molecule has 7 heteroatoms. The van der Waals surface area contributed by atoms with E-state index in [1.807, 2.05) is 0 Å². The molecule has 2 spiro atoms. The summed E-state index contributed by atoms with van der Waals surface area (Å²) in [7, 11) is 3.20. The Morgan fingerprint density at radius 2 is 2.00 bits per heavy atom. The summed E-state index contributed by atoms with van der Waals surface area (Å²) >= 11 is 0. The molecule has 1 N–H and O–H groups in total. The zero-order valence-electron chi connectivity index (χ0n) is 21.3. The number of carbonyl (C=O) groups excluding carboxylic acids is 1. The normalized spacial score (nSPS) is 49.3. The van der Waals surface area contributed by atoms with Crippen molar-refractivity contribution >= 4 is 5.78 Å². The Morgan fingerprint density at radius 3 is 2.69 bits per heavy atom. The maximum Gasteiger partial charge on any atom is 0.210 e. The highest BCUT2D eigenvalue weighted by Crippen LogP contribution is 2.78. The van der Waals surface area contributed by atoms with E-state index in [0.717, 1.165) is 37.9 Å². The number of carbonyl (C=O) groups is 1. The number of hydrogen-bond acceptors (Lipinski definition) is 7. The van der Waals surface area contributed by atoms with Crippen molar-refractivity contribution in [2.75, 3.05) is 27.4 Å². The molecule has 7 rings (SSSR count). The second-order valence-corrected chi connectivity index (χ2v) is 12.0. The van der Waals surface area contributed by atoms with Crippen LogP contribution in [-0.4, -0.2) is 62.6 Å². The molecule has 7 nitrogen and oxygen atoms in total. The van der Waals surface area contributed by atoms with Crippen molar-refractivity contribution in [2.45, 2.75) is 70.2 Å². The average Bonchev–Trinajstić information content (AvgIpc) is 2.97. The van der Waals surface area contributed by atoms with Crippen molar-refractivity contribution < 1.29 is 33.6 Å². The van der Waals surface area contributed by atoms with E-state index in [2.05, 4.69) is 27.0 Å². The van der Waals surface area contributed by atoms with Gasteiger partial charge in [0.2, 0.25) is 5.79 Å². The largest absolute Gasteiger partial charge is 0.469 e. The number of rotatable bonds is 5. The number of ketones is 1. The van der Waals surface area contributed by atoms with Gasteiger partial charge in [-0.05, 0) is 48.2 Å². The third kappa shape index (κ3) is 2.47. The molecule has 9 atom stereocenters. The number of aliphatic hydroxyl groups excluding tert-OH is 1. The Kier molecular flexibility index (Phi) is 5.12. The Hall–Kier alpha value is -1.51. The Morgan fingerprint density at radius 1 is 1.23 bits per heavy atom. The van der Waals surface area contributed by atoms with Crippen LogP contribution in [0.2, 0.25) is 0 Å². The number of allylic oxidation sites excluding steroid dienone is 1. The summed E-state index contributed by atoms with van der Waals surface area (Å²) in [4.78, 5) is 14.3. The quantitative estimate of drug-likeness (QED) is 0.470. The number of aliphatic hydroxyl groups is 1. The molecule has 0 unspecified atom stereocenters. The molecule has 3 aliphatic heterocycles. The molecule has 0 aromatic rings. The van der Waals surface area contributed by atoms with Crippen LogP contribution in [0.3, 0.4) is 0 Å². The number of hydrogen-bond donors (Lipinski definition) is 1. The van der Waals surface area contributed by atoms with E-state index in [0.29, 0.717) is 18.8 Å². The molecule has 7 aliphatic rings. The lowest BCUT2D eigenvalue weighted by molar-refractivity contribution is -0.450. The van der Waals surface area contributed by atoms with Crippen LogP contribution in [-0.2, 0) is 28.5 Å². The zero-order valence-corrected chi connectivity index (χ0v) is 21.3. The molecule has 0 aromatic carbocycles. The molecular weight excluding hydrogens is 448 g/mol. The first-order valence-corrected chi connectivity index (χ1v) is 12.9. The van der Waals surface area contributed by atoms with Gasteiger partial charge in [0.25, 0.3) is 0 Å². The fraction of sp³-hybridized carbons (Fsp3) is 0.750. The third-order valence-electron chi connectivity index (χ3n) is 10.4. The van der Waals surface area contributed by atoms with Crippen molar-refractivity contribution in [3.05, 3.63) is 36.1 Å². The van der Waals surface area contributed by atoms with Gasteiger partial charge in [0.05, 0.1) is 24.7 Å². The van der Waals surface area contributed by atoms with Gasteiger partial charge in [-0.3, -0.25) is 4.79 Å². The lowest BCUT2D eigenvalue weighted by Gasteiger charge is -2.74. The molecule has 4 bridgehead atoms. The van der Waals surface area contributed by atoms with E-state index >= 15 is 0 Å². The summed E-state index contributed by atoms with van der Waals surface area (Å²) < 4.78 is 31.5. The van der Waals surface area contributed by atoms with Crippen LogP contribution in [0.25, 0.3) is 0 Å². The molecular formula is C28H38O7. The topological polar surface area (TPSA) is 83.5 Å². The van der Waals surface area contributed by atoms with Crippen LogP contribution in [0.15, 0.2) is 36.1 Å². The zero-order chi connectivity index (χ0) is 25.0. The maximum absolute atomic E-state index is 14.3. The number of fused-ring (bicyclic) bond motifs is 2. The van der Waals surface area contributed by atoms with Crippen LogP contribution in [0, 0.1) is 34.0 Å². The highest BCUT2D eigenvalue weighted by atomic mass is 16.7. The highest BCUT2D eigenvalue weighted by Gasteiger charge is 2.88. The predicted molar refractivity (Wildman–Crippen MR) is 127 cm³/mol. The first-order valence-electron chi connectivity index (χ1n) is 12.9. The first-order chi connectivity index (χ1) is 16.7. The molecule has 3 saturated carbocycles. The smallest absolute Gasteiger partial charge is 0.210 e. The summed E-state index contributed by atoms with van der Waals surface area (Å²) in [6.45, 7) is 13.1. The maximum atomic E-state index is 14.3. The van der Waals surface area contributed by atoms with Crippen LogP contribution >= 0.6 is 0 Å². The van der Waals surface area contributed by atoms with Crippen molar-refractivity contribution in [1.29, 1.82) is 0 Å². The van der Waals surface area contributed by atoms with Gasteiger partial charge in [0.1, 0.15) is 17.3 Å². The summed E-state index contributed by atoms with van der Waals surface area (Å²) in [5.74, 6) is -1.21. The van der Waals surface area contributed by atoms with Gasteiger partial charge in [0, 0.05) is 32.5 Å². The lowest BCUT2D eigenvalue weighted by Crippen LogP contribution is -2.84. The number of Topliss-reactive ketones (excluding diaryl/α,β-unsaturated/α-hetero) is 1. The van der Waals surface area contributed by atoms with Crippen molar-refractivity contribution in [3.63, 3.8) is 0 Å². The summed E-state index contributed by atoms with van der Waals surface area (Å²) in [5.41, 5.74) is -0.302. The molecule has 0 radical (unpaired) electrons. The SMILES string of the molecule is C=CCO[C@@H]1CCC2=C(O1)[C@]13CO[C@@](OC)([C@@H](O)[C@@H]1C(C)(C)C2)[C@]12C(=O)C(=C)[C@H](CC[C@@H]31)[C@H]2OC. The Labute approximate surface area is 207 Å². The summed E-state index contributed by atoms with van der Waals surface area (Å²) in [6.07, 6.45) is 3.86. The summed E-state index contributed by atoms with van der Waals surface area (Å²) in [6, 6.07) is 0. The molecule has 35 heavy (non-hydrogen) atoms. The summed E-state index contributed by atoms with van der Waals surface area (Å²) in [5, 5.41) is 12.2. The van der Waals surface area contributed by atoms with Gasteiger partial charge in [-0.15, -0.1) is 6.58 Å². The second-order valence-electron chi connectivity index (χ2n) is 12.0. The van der Waals surface area contributed by atoms with E-state index in [9.17, 15) is 9.90 Å². The molecule has 0 aromatic heterocycles. The van der Waals surface area contributed by atoms with Crippen molar-refractivity contribution in [2.24, 2.45) is 34.0 Å².